The molecule has 0 spiro atoms. The van der Waals surface area contributed by atoms with Gasteiger partial charge in [0.15, 0.2) is 0 Å². The molecule has 2 rings (SSSR count). The summed E-state index contributed by atoms with van der Waals surface area (Å²) < 4.78 is 5.26. The van der Waals surface area contributed by atoms with Crippen molar-refractivity contribution in [3.8, 4) is 6.01 Å². The molecule has 2 atom stereocenters. The lowest BCUT2D eigenvalue weighted by Gasteiger charge is -2.35. The van der Waals surface area contributed by atoms with Crippen LogP contribution in [-0.4, -0.2) is 45.9 Å². The Morgan fingerprint density at radius 3 is 2.74 bits per heavy atom. The second-order valence-electron chi connectivity index (χ2n) is 4.74. The molecule has 2 unspecified atom stereocenters. The van der Waals surface area contributed by atoms with Crippen molar-refractivity contribution in [1.82, 2.24) is 15.0 Å². The molecule has 1 aliphatic carbocycles. The molecule has 7 heteroatoms. The summed E-state index contributed by atoms with van der Waals surface area (Å²) in [5.41, 5.74) is 5.66. The fraction of sp³-hybridized carbons (Fsp3) is 0.750. The van der Waals surface area contributed by atoms with Gasteiger partial charge in [0.2, 0.25) is 11.9 Å². The number of hydrogen-bond acceptors (Lipinski definition) is 7. The third-order valence-corrected chi connectivity index (χ3v) is 3.40. The van der Waals surface area contributed by atoms with Gasteiger partial charge in [-0.3, -0.25) is 0 Å². The highest BCUT2D eigenvalue weighted by atomic mass is 16.5. The van der Waals surface area contributed by atoms with Crippen molar-refractivity contribution >= 4 is 11.9 Å². The number of aliphatic hydroxyl groups excluding tert-OH is 1. The molecular formula is C12H21N5O2. The van der Waals surface area contributed by atoms with E-state index in [2.05, 4.69) is 15.0 Å². The number of ether oxygens (including phenoxy) is 1. The maximum absolute atomic E-state index is 10.1. The van der Waals surface area contributed by atoms with Gasteiger partial charge >= 0.3 is 6.01 Å². The van der Waals surface area contributed by atoms with Crippen LogP contribution in [-0.2, 0) is 0 Å². The Bertz CT molecular complexity index is 429. The number of aromatic nitrogens is 3. The third-order valence-electron chi connectivity index (χ3n) is 3.40. The highest BCUT2D eigenvalue weighted by Gasteiger charge is 2.28. The molecule has 1 aromatic rings. The van der Waals surface area contributed by atoms with Crippen LogP contribution in [0.1, 0.15) is 32.6 Å². The zero-order valence-corrected chi connectivity index (χ0v) is 11.4. The van der Waals surface area contributed by atoms with Crippen LogP contribution in [0, 0.1) is 0 Å². The standard InChI is InChI=1S/C12H21N5O2/c1-3-19-12-15-10(13)14-11(16-12)17(2)8-6-4-5-7-9(8)18/h8-9,18H,3-7H2,1-2H3,(H2,13,14,15,16). The minimum absolute atomic E-state index is 0.0185. The zero-order valence-electron chi connectivity index (χ0n) is 11.4. The van der Waals surface area contributed by atoms with Crippen molar-refractivity contribution in [2.45, 2.75) is 44.8 Å². The molecule has 0 amide bonds. The van der Waals surface area contributed by atoms with Gasteiger partial charge in [-0.1, -0.05) is 12.8 Å². The highest BCUT2D eigenvalue weighted by molar-refractivity contribution is 5.36. The molecule has 0 aromatic carbocycles. The van der Waals surface area contributed by atoms with Gasteiger partial charge in [-0.15, -0.1) is 0 Å². The summed E-state index contributed by atoms with van der Waals surface area (Å²) in [6, 6.07) is 0.243. The first-order valence-electron chi connectivity index (χ1n) is 6.67. The Hall–Kier alpha value is -1.63. The van der Waals surface area contributed by atoms with Crippen LogP contribution < -0.4 is 15.4 Å². The number of nitrogens with zero attached hydrogens (tertiary/aromatic N) is 4. The Morgan fingerprint density at radius 1 is 1.32 bits per heavy atom. The Morgan fingerprint density at radius 2 is 2.05 bits per heavy atom. The second kappa shape index (κ2) is 6.01. The van der Waals surface area contributed by atoms with Crippen LogP contribution in [0.3, 0.4) is 0 Å². The largest absolute Gasteiger partial charge is 0.464 e. The minimum atomic E-state index is -0.354. The molecule has 1 heterocycles. The quantitative estimate of drug-likeness (QED) is 0.824. The molecule has 0 radical (unpaired) electrons. The molecule has 1 saturated carbocycles. The number of aliphatic hydroxyl groups is 1. The van der Waals surface area contributed by atoms with E-state index in [9.17, 15) is 5.11 Å². The number of hydrogen-bond donors (Lipinski definition) is 2. The van der Waals surface area contributed by atoms with Crippen molar-refractivity contribution in [2.75, 3.05) is 24.3 Å². The van der Waals surface area contributed by atoms with Crippen molar-refractivity contribution in [3.63, 3.8) is 0 Å². The number of nitrogen functional groups attached to an aromatic ring is 1. The first kappa shape index (κ1) is 13.8. The lowest BCUT2D eigenvalue weighted by atomic mass is 9.92. The average molecular weight is 267 g/mol. The fourth-order valence-electron chi connectivity index (χ4n) is 2.40. The van der Waals surface area contributed by atoms with E-state index < -0.39 is 0 Å². The minimum Gasteiger partial charge on any atom is -0.464 e. The van der Waals surface area contributed by atoms with Crippen LogP contribution in [0.2, 0.25) is 0 Å². The van der Waals surface area contributed by atoms with E-state index in [0.717, 1.165) is 25.7 Å². The topological polar surface area (TPSA) is 97.4 Å². The molecule has 106 valence electrons. The summed E-state index contributed by atoms with van der Waals surface area (Å²) in [6.07, 6.45) is 3.55. The Labute approximate surface area is 112 Å². The van der Waals surface area contributed by atoms with Crippen LogP contribution in [0.15, 0.2) is 0 Å². The van der Waals surface area contributed by atoms with E-state index in [1.54, 1.807) is 0 Å². The van der Waals surface area contributed by atoms with Gasteiger partial charge in [-0.05, 0) is 19.8 Å². The summed E-state index contributed by atoms with van der Waals surface area (Å²) in [5, 5.41) is 10.1. The van der Waals surface area contributed by atoms with Crippen LogP contribution in [0.4, 0.5) is 11.9 Å². The van der Waals surface area contributed by atoms with Crippen LogP contribution in [0.25, 0.3) is 0 Å². The summed E-state index contributed by atoms with van der Waals surface area (Å²) in [6.45, 7) is 2.33. The molecule has 0 saturated heterocycles. The van der Waals surface area contributed by atoms with E-state index in [1.165, 1.54) is 0 Å². The molecule has 1 fully saturated rings. The average Bonchev–Trinajstić information content (AvgIpc) is 2.38. The first-order chi connectivity index (χ1) is 9.11. The smallest absolute Gasteiger partial charge is 0.323 e. The number of anilines is 2. The monoisotopic (exact) mass is 267 g/mol. The van der Waals surface area contributed by atoms with Crippen molar-refractivity contribution in [3.05, 3.63) is 0 Å². The van der Waals surface area contributed by atoms with Gasteiger partial charge in [0, 0.05) is 7.05 Å². The highest BCUT2D eigenvalue weighted by Crippen LogP contribution is 2.25. The van der Waals surface area contributed by atoms with Crippen LogP contribution >= 0.6 is 0 Å². The van der Waals surface area contributed by atoms with E-state index in [1.807, 2.05) is 18.9 Å². The van der Waals surface area contributed by atoms with Crippen LogP contribution in [0.5, 0.6) is 6.01 Å². The summed E-state index contributed by atoms with van der Waals surface area (Å²) in [5.74, 6) is 0.576. The summed E-state index contributed by atoms with van der Waals surface area (Å²) >= 11 is 0. The summed E-state index contributed by atoms with van der Waals surface area (Å²) in [4.78, 5) is 14.1. The summed E-state index contributed by atoms with van der Waals surface area (Å²) in [7, 11) is 1.86. The molecular weight excluding hydrogens is 246 g/mol. The number of likely N-dealkylation sites (N-methyl/N-ethyl adjacent to an activating group) is 1. The Kier molecular flexibility index (Phi) is 4.36. The van der Waals surface area contributed by atoms with Gasteiger partial charge < -0.3 is 20.5 Å². The van der Waals surface area contributed by atoms with Crippen molar-refractivity contribution < 1.29 is 9.84 Å². The number of nitrogens with two attached hydrogens (primary N) is 1. The maximum atomic E-state index is 10.1. The van der Waals surface area contributed by atoms with E-state index >= 15 is 0 Å². The molecule has 0 aliphatic heterocycles. The molecule has 3 N–H and O–H groups in total. The second-order valence-corrected chi connectivity index (χ2v) is 4.74. The van der Waals surface area contributed by atoms with Gasteiger partial charge in [0.25, 0.3) is 0 Å². The first-order valence-corrected chi connectivity index (χ1v) is 6.67. The van der Waals surface area contributed by atoms with Gasteiger partial charge in [0.05, 0.1) is 18.8 Å². The maximum Gasteiger partial charge on any atom is 0.323 e. The SMILES string of the molecule is CCOc1nc(N)nc(N(C)C2CCCCC2O)n1. The Balaban J connectivity index is 2.19. The van der Waals surface area contributed by atoms with E-state index in [0.29, 0.717) is 12.6 Å². The third kappa shape index (κ3) is 3.23. The molecule has 0 bridgehead atoms. The number of rotatable bonds is 4. The van der Waals surface area contributed by atoms with E-state index in [-0.39, 0.29) is 24.1 Å². The molecule has 1 aromatic heterocycles. The zero-order chi connectivity index (χ0) is 13.8. The normalized spacial score (nSPS) is 23.1. The molecule has 19 heavy (non-hydrogen) atoms. The van der Waals surface area contributed by atoms with Crippen molar-refractivity contribution in [2.24, 2.45) is 0 Å². The lowest BCUT2D eigenvalue weighted by Crippen LogP contribution is -2.44. The van der Waals surface area contributed by atoms with Gasteiger partial charge in [-0.25, -0.2) is 0 Å². The van der Waals surface area contributed by atoms with Gasteiger partial charge in [0.1, 0.15) is 0 Å². The fourth-order valence-corrected chi connectivity index (χ4v) is 2.40. The predicted molar refractivity (Wildman–Crippen MR) is 72.1 cm³/mol. The van der Waals surface area contributed by atoms with Gasteiger partial charge in [-0.2, -0.15) is 15.0 Å². The molecule has 1 aliphatic rings. The van der Waals surface area contributed by atoms with E-state index in [4.69, 9.17) is 10.5 Å². The lowest BCUT2D eigenvalue weighted by molar-refractivity contribution is 0.105. The predicted octanol–water partition coefficient (Wildman–Crippen LogP) is 0.592. The molecule has 7 nitrogen and oxygen atoms in total. The van der Waals surface area contributed by atoms with Crippen molar-refractivity contribution in [1.29, 1.82) is 0 Å².